The fourth-order valence-electron chi connectivity index (χ4n) is 1.35. The van der Waals surface area contributed by atoms with Crippen molar-refractivity contribution in [3.63, 3.8) is 0 Å². The Morgan fingerprint density at radius 3 is 2.75 bits per heavy atom. The lowest BCUT2D eigenvalue weighted by molar-refractivity contribution is -0.385. The maximum absolute atomic E-state index is 10.5. The number of rotatable bonds is 4. The summed E-state index contributed by atoms with van der Waals surface area (Å²) in [6, 6.07) is 1.40. The van der Waals surface area contributed by atoms with Crippen LogP contribution in [0.3, 0.4) is 0 Å². The quantitative estimate of drug-likeness (QED) is 0.613. The number of aromatic nitrogens is 1. The third kappa shape index (κ3) is 2.46. The molecule has 0 aliphatic carbocycles. The van der Waals surface area contributed by atoms with Crippen LogP contribution in [-0.2, 0) is 0 Å². The van der Waals surface area contributed by atoms with Gasteiger partial charge in [-0.1, -0.05) is 0 Å². The molecule has 0 aliphatic rings. The van der Waals surface area contributed by atoms with Crippen molar-refractivity contribution >= 4 is 11.5 Å². The van der Waals surface area contributed by atoms with Gasteiger partial charge in [0.1, 0.15) is 12.0 Å². The second-order valence-corrected chi connectivity index (χ2v) is 3.73. The predicted molar refractivity (Wildman–Crippen MR) is 60.6 cm³/mol. The molecule has 1 aromatic heterocycles. The molecule has 88 valence electrons. The summed E-state index contributed by atoms with van der Waals surface area (Å²) in [4.78, 5) is 15.9. The molecule has 6 nitrogen and oxygen atoms in total. The smallest absolute Gasteiger partial charge is 0.287 e. The Hall–Kier alpha value is -1.69. The first kappa shape index (κ1) is 12.4. The van der Waals surface area contributed by atoms with Crippen LogP contribution in [0.5, 0.6) is 0 Å². The monoisotopic (exact) mass is 225 g/mol. The summed E-state index contributed by atoms with van der Waals surface area (Å²) in [5.41, 5.74) is 0.698. The number of aliphatic hydroxyl groups excluding tert-OH is 1. The van der Waals surface area contributed by atoms with Gasteiger partial charge < -0.3 is 10.0 Å². The van der Waals surface area contributed by atoms with Gasteiger partial charge in [0.15, 0.2) is 0 Å². The lowest BCUT2D eigenvalue weighted by Crippen LogP contribution is -2.33. The summed E-state index contributed by atoms with van der Waals surface area (Å²) in [5.74, 6) is 0.646. The topological polar surface area (TPSA) is 79.5 Å². The van der Waals surface area contributed by atoms with Gasteiger partial charge in [0, 0.05) is 13.1 Å². The van der Waals surface area contributed by atoms with Crippen LogP contribution < -0.4 is 4.90 Å². The molecule has 0 aromatic carbocycles. The first-order chi connectivity index (χ1) is 7.47. The molecule has 0 amide bonds. The van der Waals surface area contributed by atoms with Crippen LogP contribution in [0.1, 0.15) is 12.5 Å². The maximum Gasteiger partial charge on any atom is 0.287 e. The standard InChI is InChI=1S/C10H15N3O3/c1-7-4-9(13(15)16)5-11-10(7)12(3)8(2)6-14/h4-5,8,14H,6H2,1-3H3. The summed E-state index contributed by atoms with van der Waals surface area (Å²) >= 11 is 0. The number of hydrogen-bond donors (Lipinski definition) is 1. The van der Waals surface area contributed by atoms with Crippen molar-refractivity contribution in [2.45, 2.75) is 19.9 Å². The van der Waals surface area contributed by atoms with E-state index in [0.29, 0.717) is 5.82 Å². The van der Waals surface area contributed by atoms with E-state index in [9.17, 15) is 10.1 Å². The van der Waals surface area contributed by atoms with E-state index in [1.807, 2.05) is 6.92 Å². The molecule has 1 heterocycles. The fraction of sp³-hybridized carbons (Fsp3) is 0.500. The Bertz CT molecular complexity index is 395. The molecular weight excluding hydrogens is 210 g/mol. The van der Waals surface area contributed by atoms with Crippen LogP contribution in [-0.4, -0.2) is 34.7 Å². The van der Waals surface area contributed by atoms with Crippen LogP contribution in [0.4, 0.5) is 11.5 Å². The van der Waals surface area contributed by atoms with Gasteiger partial charge in [-0.05, 0) is 19.4 Å². The van der Waals surface area contributed by atoms with Crippen molar-refractivity contribution in [2.75, 3.05) is 18.6 Å². The Morgan fingerprint density at radius 2 is 2.31 bits per heavy atom. The van der Waals surface area contributed by atoms with Crippen LogP contribution >= 0.6 is 0 Å². The highest BCUT2D eigenvalue weighted by Crippen LogP contribution is 2.21. The highest BCUT2D eigenvalue weighted by molar-refractivity contribution is 5.50. The average molecular weight is 225 g/mol. The van der Waals surface area contributed by atoms with Crippen molar-refractivity contribution < 1.29 is 10.0 Å². The maximum atomic E-state index is 10.5. The van der Waals surface area contributed by atoms with Crippen molar-refractivity contribution in [1.29, 1.82) is 0 Å². The number of aryl methyl sites for hydroxylation is 1. The number of nitro groups is 1. The van der Waals surface area contributed by atoms with E-state index in [4.69, 9.17) is 5.11 Å². The molecule has 0 aliphatic heterocycles. The number of hydrogen-bond acceptors (Lipinski definition) is 5. The lowest BCUT2D eigenvalue weighted by Gasteiger charge is -2.25. The summed E-state index contributed by atoms with van der Waals surface area (Å²) < 4.78 is 0. The molecule has 0 radical (unpaired) electrons. The van der Waals surface area contributed by atoms with Gasteiger partial charge in [0.05, 0.1) is 17.6 Å². The molecule has 0 spiro atoms. The fourth-order valence-corrected chi connectivity index (χ4v) is 1.35. The first-order valence-corrected chi connectivity index (χ1v) is 4.92. The minimum atomic E-state index is -0.473. The first-order valence-electron chi connectivity index (χ1n) is 4.92. The Kier molecular flexibility index (Phi) is 3.78. The summed E-state index contributed by atoms with van der Waals surface area (Å²) in [7, 11) is 1.79. The second-order valence-electron chi connectivity index (χ2n) is 3.73. The van der Waals surface area contributed by atoms with Gasteiger partial charge in [-0.2, -0.15) is 0 Å². The average Bonchev–Trinajstić information content (AvgIpc) is 2.26. The van der Waals surface area contributed by atoms with Gasteiger partial charge >= 0.3 is 0 Å². The minimum Gasteiger partial charge on any atom is -0.394 e. The Balaban J connectivity index is 3.03. The molecule has 0 fully saturated rings. The van der Waals surface area contributed by atoms with Crippen molar-refractivity contribution in [2.24, 2.45) is 0 Å². The van der Waals surface area contributed by atoms with Gasteiger partial charge in [0.25, 0.3) is 5.69 Å². The predicted octanol–water partition coefficient (Wildman–Crippen LogP) is 1.12. The highest BCUT2D eigenvalue weighted by atomic mass is 16.6. The molecular formula is C10H15N3O3. The SMILES string of the molecule is Cc1cc([N+](=O)[O-])cnc1N(C)C(C)CO. The Morgan fingerprint density at radius 1 is 1.69 bits per heavy atom. The van der Waals surface area contributed by atoms with Crippen molar-refractivity contribution in [3.05, 3.63) is 27.9 Å². The molecule has 1 N–H and O–H groups in total. The molecule has 6 heteroatoms. The molecule has 1 aromatic rings. The second kappa shape index (κ2) is 4.89. The number of likely N-dealkylation sites (N-methyl/N-ethyl adjacent to an activating group) is 1. The normalized spacial score (nSPS) is 12.2. The summed E-state index contributed by atoms with van der Waals surface area (Å²) in [6.07, 6.45) is 1.23. The van der Waals surface area contributed by atoms with Crippen LogP contribution in [0.25, 0.3) is 0 Å². The van der Waals surface area contributed by atoms with Crippen LogP contribution in [0.15, 0.2) is 12.3 Å². The van der Waals surface area contributed by atoms with E-state index in [-0.39, 0.29) is 18.3 Å². The molecule has 1 rings (SSSR count). The zero-order chi connectivity index (χ0) is 12.3. The molecule has 16 heavy (non-hydrogen) atoms. The number of anilines is 1. The summed E-state index contributed by atoms with van der Waals surface area (Å²) in [5, 5.41) is 19.6. The largest absolute Gasteiger partial charge is 0.394 e. The van der Waals surface area contributed by atoms with Crippen LogP contribution in [0, 0.1) is 17.0 Å². The van der Waals surface area contributed by atoms with E-state index < -0.39 is 4.92 Å². The minimum absolute atomic E-state index is 0.00854. The third-order valence-electron chi connectivity index (χ3n) is 2.51. The number of pyridine rings is 1. The summed E-state index contributed by atoms with van der Waals surface area (Å²) in [6.45, 7) is 3.62. The molecule has 0 saturated heterocycles. The van der Waals surface area contributed by atoms with E-state index in [2.05, 4.69) is 4.98 Å². The van der Waals surface area contributed by atoms with Gasteiger partial charge in [-0.15, -0.1) is 0 Å². The van der Waals surface area contributed by atoms with E-state index in [0.717, 1.165) is 5.56 Å². The van der Waals surface area contributed by atoms with Gasteiger partial charge in [0.2, 0.25) is 0 Å². The number of nitrogens with zero attached hydrogens (tertiary/aromatic N) is 3. The van der Waals surface area contributed by atoms with E-state index in [1.54, 1.807) is 18.9 Å². The zero-order valence-electron chi connectivity index (χ0n) is 9.54. The highest BCUT2D eigenvalue weighted by Gasteiger charge is 2.15. The molecule has 0 saturated carbocycles. The van der Waals surface area contributed by atoms with E-state index in [1.165, 1.54) is 12.3 Å². The molecule has 0 bridgehead atoms. The molecule has 1 atom stereocenters. The molecule has 1 unspecified atom stereocenters. The van der Waals surface area contributed by atoms with Crippen molar-refractivity contribution in [1.82, 2.24) is 4.98 Å². The Labute approximate surface area is 93.7 Å². The van der Waals surface area contributed by atoms with E-state index >= 15 is 0 Å². The third-order valence-corrected chi connectivity index (χ3v) is 2.51. The van der Waals surface area contributed by atoms with Crippen LogP contribution in [0.2, 0.25) is 0 Å². The van der Waals surface area contributed by atoms with Gasteiger partial charge in [-0.3, -0.25) is 10.1 Å². The van der Waals surface area contributed by atoms with Crippen molar-refractivity contribution in [3.8, 4) is 0 Å². The lowest BCUT2D eigenvalue weighted by atomic mass is 10.2. The zero-order valence-corrected chi connectivity index (χ0v) is 9.54. The van der Waals surface area contributed by atoms with Gasteiger partial charge in [-0.25, -0.2) is 4.98 Å². The number of aliphatic hydroxyl groups is 1.